The van der Waals surface area contributed by atoms with E-state index in [0.717, 1.165) is 12.3 Å². The first-order valence-electron chi connectivity index (χ1n) is 5.13. The molecule has 0 unspecified atom stereocenters. The van der Waals surface area contributed by atoms with Crippen molar-refractivity contribution < 1.29 is 9.66 Å². The maximum atomic E-state index is 10.4. The van der Waals surface area contributed by atoms with E-state index >= 15 is 0 Å². The summed E-state index contributed by atoms with van der Waals surface area (Å²) in [6.07, 6.45) is 3.74. The van der Waals surface area contributed by atoms with Gasteiger partial charge in [-0.2, -0.15) is 0 Å². The standard InChI is InChI=1S/C11H13NO3/c13-12(14)10-3-5-11(6-4-10)15-8-7-9-1-2-9/h3-6,9H,1-2,7-8H2. The topological polar surface area (TPSA) is 52.4 Å². The van der Waals surface area contributed by atoms with Crippen LogP contribution >= 0.6 is 0 Å². The summed E-state index contributed by atoms with van der Waals surface area (Å²) in [5.41, 5.74) is 0.101. The first-order chi connectivity index (χ1) is 7.25. The van der Waals surface area contributed by atoms with Crippen LogP contribution in [0.5, 0.6) is 5.75 Å². The van der Waals surface area contributed by atoms with Crippen LogP contribution in [0, 0.1) is 16.0 Å². The molecular weight excluding hydrogens is 194 g/mol. The highest BCUT2D eigenvalue weighted by Crippen LogP contribution is 2.32. The highest BCUT2D eigenvalue weighted by atomic mass is 16.6. The number of nitrogens with zero attached hydrogens (tertiary/aromatic N) is 1. The SMILES string of the molecule is O=[N+]([O-])c1ccc(OCCC2CC2)cc1. The number of nitro benzene ring substituents is 1. The zero-order valence-electron chi connectivity index (χ0n) is 8.39. The van der Waals surface area contributed by atoms with Gasteiger partial charge in [-0.15, -0.1) is 0 Å². The van der Waals surface area contributed by atoms with E-state index in [0.29, 0.717) is 12.4 Å². The van der Waals surface area contributed by atoms with Crippen LogP contribution in [0.4, 0.5) is 5.69 Å². The fraction of sp³-hybridized carbons (Fsp3) is 0.455. The molecule has 0 aromatic heterocycles. The molecular formula is C11H13NO3. The van der Waals surface area contributed by atoms with Gasteiger partial charge in [0.2, 0.25) is 0 Å². The van der Waals surface area contributed by atoms with Gasteiger partial charge in [0.25, 0.3) is 5.69 Å². The molecule has 15 heavy (non-hydrogen) atoms. The van der Waals surface area contributed by atoms with Gasteiger partial charge in [0.15, 0.2) is 0 Å². The number of hydrogen-bond donors (Lipinski definition) is 0. The van der Waals surface area contributed by atoms with Gasteiger partial charge in [-0.1, -0.05) is 12.8 Å². The molecule has 4 heteroatoms. The number of rotatable bonds is 5. The Morgan fingerprint density at radius 2 is 2.00 bits per heavy atom. The van der Waals surface area contributed by atoms with Crippen LogP contribution in [0.15, 0.2) is 24.3 Å². The minimum Gasteiger partial charge on any atom is -0.494 e. The van der Waals surface area contributed by atoms with Gasteiger partial charge >= 0.3 is 0 Å². The molecule has 1 saturated carbocycles. The molecule has 0 bridgehead atoms. The molecule has 0 atom stereocenters. The normalized spacial score (nSPS) is 14.9. The lowest BCUT2D eigenvalue weighted by Gasteiger charge is -2.04. The average Bonchev–Trinajstić information content (AvgIpc) is 3.02. The van der Waals surface area contributed by atoms with Gasteiger partial charge in [-0.05, 0) is 24.5 Å². The van der Waals surface area contributed by atoms with Crippen LogP contribution in [-0.2, 0) is 0 Å². The molecule has 0 amide bonds. The van der Waals surface area contributed by atoms with Gasteiger partial charge < -0.3 is 4.74 Å². The summed E-state index contributed by atoms with van der Waals surface area (Å²) in [6.45, 7) is 0.711. The Bertz CT molecular complexity index is 343. The van der Waals surface area contributed by atoms with Crippen LogP contribution < -0.4 is 4.74 Å². The lowest BCUT2D eigenvalue weighted by molar-refractivity contribution is -0.384. The molecule has 0 saturated heterocycles. The number of non-ortho nitro benzene ring substituents is 1. The van der Waals surface area contributed by atoms with Gasteiger partial charge in [-0.3, -0.25) is 10.1 Å². The second kappa shape index (κ2) is 4.29. The molecule has 4 nitrogen and oxygen atoms in total. The molecule has 1 aromatic carbocycles. The largest absolute Gasteiger partial charge is 0.494 e. The molecule has 0 N–H and O–H groups in total. The first kappa shape index (κ1) is 9.96. The quantitative estimate of drug-likeness (QED) is 0.551. The summed E-state index contributed by atoms with van der Waals surface area (Å²) >= 11 is 0. The Labute approximate surface area is 88.0 Å². The maximum absolute atomic E-state index is 10.4. The summed E-state index contributed by atoms with van der Waals surface area (Å²) in [5.74, 6) is 1.56. The second-order valence-electron chi connectivity index (χ2n) is 3.83. The highest BCUT2D eigenvalue weighted by Gasteiger charge is 2.20. The van der Waals surface area contributed by atoms with Crippen molar-refractivity contribution in [1.82, 2.24) is 0 Å². The zero-order valence-corrected chi connectivity index (χ0v) is 8.39. The predicted octanol–water partition coefficient (Wildman–Crippen LogP) is 2.77. The number of hydrogen-bond acceptors (Lipinski definition) is 3. The molecule has 1 aromatic rings. The van der Waals surface area contributed by atoms with Crippen LogP contribution in [-0.4, -0.2) is 11.5 Å². The molecule has 0 heterocycles. The molecule has 2 rings (SSSR count). The van der Waals surface area contributed by atoms with Crippen LogP contribution in [0.3, 0.4) is 0 Å². The van der Waals surface area contributed by atoms with Crippen molar-refractivity contribution in [2.45, 2.75) is 19.3 Å². The lowest BCUT2D eigenvalue weighted by Crippen LogP contribution is -1.98. The summed E-state index contributed by atoms with van der Waals surface area (Å²) in [6, 6.07) is 6.22. The van der Waals surface area contributed by atoms with E-state index in [1.807, 2.05) is 0 Å². The summed E-state index contributed by atoms with van der Waals surface area (Å²) in [4.78, 5) is 9.98. The van der Waals surface area contributed by atoms with E-state index in [2.05, 4.69) is 0 Å². The molecule has 1 aliphatic carbocycles. The third-order valence-corrected chi connectivity index (χ3v) is 2.54. The Morgan fingerprint density at radius 1 is 1.33 bits per heavy atom. The van der Waals surface area contributed by atoms with Gasteiger partial charge in [0, 0.05) is 12.1 Å². The van der Waals surface area contributed by atoms with E-state index in [1.165, 1.54) is 25.0 Å². The van der Waals surface area contributed by atoms with Crippen molar-refractivity contribution in [3.8, 4) is 5.75 Å². The summed E-state index contributed by atoms with van der Waals surface area (Å²) in [7, 11) is 0. The fourth-order valence-electron chi connectivity index (χ4n) is 1.41. The van der Waals surface area contributed by atoms with Crippen molar-refractivity contribution in [1.29, 1.82) is 0 Å². The monoisotopic (exact) mass is 207 g/mol. The van der Waals surface area contributed by atoms with E-state index in [9.17, 15) is 10.1 Å². The summed E-state index contributed by atoms with van der Waals surface area (Å²) in [5, 5.41) is 10.4. The molecule has 0 aliphatic heterocycles. The minimum absolute atomic E-state index is 0.101. The highest BCUT2D eigenvalue weighted by molar-refractivity contribution is 5.35. The van der Waals surface area contributed by atoms with Gasteiger partial charge in [0.1, 0.15) is 5.75 Å². The van der Waals surface area contributed by atoms with Crippen molar-refractivity contribution >= 4 is 5.69 Å². The Balaban J connectivity index is 1.83. The molecule has 0 radical (unpaired) electrons. The number of ether oxygens (including phenoxy) is 1. The predicted molar refractivity (Wildman–Crippen MR) is 55.9 cm³/mol. The van der Waals surface area contributed by atoms with Crippen molar-refractivity contribution in [3.63, 3.8) is 0 Å². The first-order valence-corrected chi connectivity index (χ1v) is 5.13. The van der Waals surface area contributed by atoms with Crippen molar-refractivity contribution in [3.05, 3.63) is 34.4 Å². The molecule has 0 spiro atoms. The number of benzene rings is 1. The average molecular weight is 207 g/mol. The van der Waals surface area contributed by atoms with Gasteiger partial charge in [-0.25, -0.2) is 0 Å². The van der Waals surface area contributed by atoms with Crippen LogP contribution in [0.2, 0.25) is 0 Å². The molecule has 80 valence electrons. The third-order valence-electron chi connectivity index (χ3n) is 2.54. The minimum atomic E-state index is -0.409. The fourth-order valence-corrected chi connectivity index (χ4v) is 1.41. The molecule has 1 fully saturated rings. The molecule has 1 aliphatic rings. The van der Waals surface area contributed by atoms with Crippen molar-refractivity contribution in [2.75, 3.05) is 6.61 Å². The van der Waals surface area contributed by atoms with E-state index in [1.54, 1.807) is 12.1 Å². The van der Waals surface area contributed by atoms with Crippen LogP contribution in [0.1, 0.15) is 19.3 Å². The smallest absolute Gasteiger partial charge is 0.269 e. The van der Waals surface area contributed by atoms with E-state index in [-0.39, 0.29) is 5.69 Å². The van der Waals surface area contributed by atoms with E-state index in [4.69, 9.17) is 4.74 Å². The Kier molecular flexibility index (Phi) is 2.85. The Morgan fingerprint density at radius 3 is 2.53 bits per heavy atom. The third kappa shape index (κ3) is 2.94. The maximum Gasteiger partial charge on any atom is 0.269 e. The summed E-state index contributed by atoms with van der Waals surface area (Å²) < 4.78 is 5.47. The second-order valence-corrected chi connectivity index (χ2v) is 3.83. The number of nitro groups is 1. The van der Waals surface area contributed by atoms with E-state index < -0.39 is 4.92 Å². The zero-order chi connectivity index (χ0) is 10.7. The lowest BCUT2D eigenvalue weighted by atomic mass is 10.3. The Hall–Kier alpha value is -1.58. The van der Waals surface area contributed by atoms with Gasteiger partial charge in [0.05, 0.1) is 11.5 Å². The van der Waals surface area contributed by atoms with Crippen LogP contribution in [0.25, 0.3) is 0 Å². The van der Waals surface area contributed by atoms with Crippen molar-refractivity contribution in [2.24, 2.45) is 5.92 Å².